The second-order valence-electron chi connectivity index (χ2n) is 10.9. The van der Waals surface area contributed by atoms with Gasteiger partial charge < -0.3 is 8.98 Å². The van der Waals surface area contributed by atoms with Crippen LogP contribution in [0.1, 0.15) is 0 Å². The first-order valence-electron chi connectivity index (χ1n) is 14.6. The van der Waals surface area contributed by atoms with E-state index in [1.165, 1.54) is 0 Å². The van der Waals surface area contributed by atoms with Crippen molar-refractivity contribution in [2.24, 2.45) is 0 Å². The number of nitrogens with zero attached hydrogens (tertiary/aromatic N) is 4. The zero-order chi connectivity index (χ0) is 29.0. The van der Waals surface area contributed by atoms with Gasteiger partial charge in [0.25, 0.3) is 0 Å². The summed E-state index contributed by atoms with van der Waals surface area (Å²) < 4.78 is 8.79. The van der Waals surface area contributed by atoms with Crippen LogP contribution in [0.4, 0.5) is 0 Å². The lowest BCUT2D eigenvalue weighted by Gasteiger charge is -2.11. The summed E-state index contributed by atoms with van der Waals surface area (Å²) >= 11 is 0. The Balaban J connectivity index is 1.27. The van der Waals surface area contributed by atoms with E-state index in [9.17, 15) is 0 Å². The van der Waals surface area contributed by atoms with E-state index < -0.39 is 0 Å². The molecule has 0 fully saturated rings. The molecule has 3 aromatic heterocycles. The average molecular weight is 565 g/mol. The first kappa shape index (κ1) is 24.5. The van der Waals surface area contributed by atoms with Gasteiger partial charge in [0.05, 0.1) is 16.4 Å². The van der Waals surface area contributed by atoms with Crippen LogP contribution in [0.5, 0.6) is 0 Å². The van der Waals surface area contributed by atoms with Crippen LogP contribution in [0.15, 0.2) is 150 Å². The molecule has 0 aliphatic heterocycles. The molecule has 0 unspecified atom stereocenters. The van der Waals surface area contributed by atoms with E-state index >= 15 is 0 Å². The molecule has 0 N–H and O–H groups in total. The summed E-state index contributed by atoms with van der Waals surface area (Å²) in [4.78, 5) is 14.8. The molecule has 0 amide bonds. The molecule has 9 aromatic rings. The molecule has 0 saturated heterocycles. The van der Waals surface area contributed by atoms with Gasteiger partial charge in [-0.2, -0.15) is 0 Å². The molecule has 0 saturated carbocycles. The number of fused-ring (bicyclic) bond motifs is 7. The molecule has 9 rings (SSSR count). The third kappa shape index (κ3) is 3.83. The van der Waals surface area contributed by atoms with Crippen molar-refractivity contribution < 1.29 is 4.42 Å². The van der Waals surface area contributed by atoms with E-state index in [4.69, 9.17) is 19.4 Å². The second kappa shape index (κ2) is 9.75. The van der Waals surface area contributed by atoms with Crippen molar-refractivity contribution >= 4 is 43.7 Å². The monoisotopic (exact) mass is 564 g/mol. The molecule has 0 radical (unpaired) electrons. The molecule has 3 heterocycles. The highest BCUT2D eigenvalue weighted by Gasteiger charge is 2.19. The lowest BCUT2D eigenvalue weighted by molar-refractivity contribution is 0.673. The standard InChI is InChI=1S/C39H24N4O/c1-3-12-25(13-4-1)37-40-38(26-14-5-2-6-15-26)42-39(41-37)27-16-11-17-28(24-27)43-32-20-9-7-19-31(32)35-33(43)23-22-30-29-18-8-10-21-34(29)44-36(30)35/h1-24H. The van der Waals surface area contributed by atoms with Crippen molar-refractivity contribution in [2.75, 3.05) is 0 Å². The van der Waals surface area contributed by atoms with Crippen LogP contribution in [-0.4, -0.2) is 19.5 Å². The summed E-state index contributed by atoms with van der Waals surface area (Å²) in [5.41, 5.74) is 7.82. The van der Waals surface area contributed by atoms with Crippen LogP contribution in [-0.2, 0) is 0 Å². The van der Waals surface area contributed by atoms with Crippen LogP contribution in [0.2, 0.25) is 0 Å². The summed E-state index contributed by atoms with van der Waals surface area (Å²) in [6.07, 6.45) is 0. The van der Waals surface area contributed by atoms with E-state index in [1.54, 1.807) is 0 Å². The zero-order valence-corrected chi connectivity index (χ0v) is 23.6. The maximum absolute atomic E-state index is 6.49. The van der Waals surface area contributed by atoms with E-state index in [0.717, 1.165) is 66.1 Å². The SMILES string of the molecule is c1ccc(-c2nc(-c3ccccc3)nc(-c3cccc(-n4c5ccccc5c5c6oc7ccccc7c6ccc54)c3)n2)cc1. The van der Waals surface area contributed by atoms with Crippen LogP contribution in [0.3, 0.4) is 0 Å². The third-order valence-corrected chi connectivity index (χ3v) is 8.24. The zero-order valence-electron chi connectivity index (χ0n) is 23.6. The minimum absolute atomic E-state index is 0.625. The predicted molar refractivity (Wildman–Crippen MR) is 178 cm³/mol. The van der Waals surface area contributed by atoms with Crippen molar-refractivity contribution in [2.45, 2.75) is 0 Å². The number of hydrogen-bond donors (Lipinski definition) is 0. The van der Waals surface area contributed by atoms with E-state index in [0.29, 0.717) is 17.5 Å². The Morgan fingerprint density at radius 1 is 0.432 bits per heavy atom. The highest BCUT2D eigenvalue weighted by atomic mass is 16.3. The van der Waals surface area contributed by atoms with Crippen molar-refractivity contribution in [3.05, 3.63) is 146 Å². The molecule has 206 valence electrons. The van der Waals surface area contributed by atoms with Gasteiger partial charge in [-0.25, -0.2) is 15.0 Å². The van der Waals surface area contributed by atoms with Crippen LogP contribution in [0, 0.1) is 0 Å². The van der Waals surface area contributed by atoms with Gasteiger partial charge >= 0.3 is 0 Å². The normalized spacial score (nSPS) is 11.6. The number of benzene rings is 6. The molecule has 5 heteroatoms. The minimum atomic E-state index is 0.625. The van der Waals surface area contributed by atoms with Gasteiger partial charge in [0.2, 0.25) is 0 Å². The topological polar surface area (TPSA) is 56.7 Å². The van der Waals surface area contributed by atoms with Gasteiger partial charge in [-0.1, -0.05) is 109 Å². The van der Waals surface area contributed by atoms with Crippen LogP contribution in [0.25, 0.3) is 83.6 Å². The third-order valence-electron chi connectivity index (χ3n) is 8.24. The number of aromatic nitrogens is 4. The first-order valence-corrected chi connectivity index (χ1v) is 14.6. The molecule has 44 heavy (non-hydrogen) atoms. The van der Waals surface area contributed by atoms with Crippen molar-refractivity contribution in [1.82, 2.24) is 19.5 Å². The molecule has 0 spiro atoms. The maximum atomic E-state index is 6.49. The predicted octanol–water partition coefficient (Wildman–Crippen LogP) is 9.87. The second-order valence-corrected chi connectivity index (χ2v) is 10.9. The van der Waals surface area contributed by atoms with E-state index in [1.807, 2.05) is 72.8 Å². The Morgan fingerprint density at radius 2 is 1.02 bits per heavy atom. The van der Waals surface area contributed by atoms with Gasteiger partial charge in [-0.15, -0.1) is 0 Å². The van der Waals surface area contributed by atoms with E-state index in [-0.39, 0.29) is 0 Å². The quantitative estimate of drug-likeness (QED) is 0.213. The molecule has 0 bridgehead atoms. The maximum Gasteiger partial charge on any atom is 0.164 e. The van der Waals surface area contributed by atoms with Crippen molar-refractivity contribution in [1.29, 1.82) is 0 Å². The lowest BCUT2D eigenvalue weighted by atomic mass is 10.1. The summed E-state index contributed by atoms with van der Waals surface area (Å²) in [7, 11) is 0. The van der Waals surface area contributed by atoms with Crippen LogP contribution >= 0.6 is 0 Å². The van der Waals surface area contributed by atoms with Gasteiger partial charge in [0.15, 0.2) is 17.5 Å². The molecule has 0 aliphatic carbocycles. The number of hydrogen-bond acceptors (Lipinski definition) is 4. The highest BCUT2D eigenvalue weighted by molar-refractivity contribution is 6.23. The smallest absolute Gasteiger partial charge is 0.164 e. The minimum Gasteiger partial charge on any atom is -0.455 e. The fourth-order valence-corrected chi connectivity index (χ4v) is 6.23. The molecular weight excluding hydrogens is 540 g/mol. The summed E-state index contributed by atoms with van der Waals surface area (Å²) in [5.74, 6) is 1.91. The fourth-order valence-electron chi connectivity index (χ4n) is 6.23. The Morgan fingerprint density at radius 3 is 1.75 bits per heavy atom. The number of furan rings is 1. The Hall–Kier alpha value is -6.07. The summed E-state index contributed by atoms with van der Waals surface area (Å²) in [6.45, 7) is 0. The lowest BCUT2D eigenvalue weighted by Crippen LogP contribution is -2.01. The van der Waals surface area contributed by atoms with Gasteiger partial charge in [-0.05, 0) is 36.4 Å². The molecular formula is C39H24N4O. The number of rotatable bonds is 4. The number of para-hydroxylation sites is 2. The Kier molecular flexibility index (Phi) is 5.43. The summed E-state index contributed by atoms with van der Waals surface area (Å²) in [5, 5.41) is 4.51. The first-order chi connectivity index (χ1) is 21.8. The highest BCUT2D eigenvalue weighted by Crippen LogP contribution is 2.40. The largest absolute Gasteiger partial charge is 0.455 e. The molecule has 0 aliphatic rings. The van der Waals surface area contributed by atoms with Gasteiger partial charge in [0, 0.05) is 38.5 Å². The Bertz CT molecular complexity index is 2440. The van der Waals surface area contributed by atoms with Gasteiger partial charge in [-0.3, -0.25) is 0 Å². The fraction of sp³-hybridized carbons (Fsp3) is 0. The van der Waals surface area contributed by atoms with Crippen molar-refractivity contribution in [3.8, 4) is 39.9 Å². The molecule has 6 aromatic carbocycles. The van der Waals surface area contributed by atoms with E-state index in [2.05, 4.69) is 77.4 Å². The summed E-state index contributed by atoms with van der Waals surface area (Å²) in [6, 6.07) is 49.7. The van der Waals surface area contributed by atoms with Crippen LogP contribution < -0.4 is 0 Å². The van der Waals surface area contributed by atoms with Gasteiger partial charge in [0.1, 0.15) is 11.2 Å². The average Bonchev–Trinajstić information content (AvgIpc) is 3.65. The Labute approximate surface area is 252 Å². The van der Waals surface area contributed by atoms with Crippen molar-refractivity contribution in [3.63, 3.8) is 0 Å². The molecule has 0 atom stereocenters. The molecule has 5 nitrogen and oxygen atoms in total.